The molecule has 3 aromatic heterocycles. The molecule has 0 bridgehead atoms. The Morgan fingerprint density at radius 2 is 1.89 bits per heavy atom. The topological polar surface area (TPSA) is 72.1 Å². The number of aryl methyl sites for hydroxylation is 1. The fourth-order valence-electron chi connectivity index (χ4n) is 3.04. The molecule has 1 amide bonds. The van der Waals surface area contributed by atoms with E-state index in [0.29, 0.717) is 12.1 Å². The van der Waals surface area contributed by atoms with Gasteiger partial charge in [0.1, 0.15) is 11.5 Å². The first kappa shape index (κ1) is 16.9. The van der Waals surface area contributed by atoms with Crippen LogP contribution in [0.3, 0.4) is 0 Å². The first-order valence-electron chi connectivity index (χ1n) is 8.59. The second-order valence-electron chi connectivity index (χ2n) is 6.40. The Bertz CT molecular complexity index is 1110. The van der Waals surface area contributed by atoms with Gasteiger partial charge in [-0.25, -0.2) is 4.98 Å². The van der Waals surface area contributed by atoms with Gasteiger partial charge >= 0.3 is 0 Å². The summed E-state index contributed by atoms with van der Waals surface area (Å²) >= 11 is 0. The number of benzene rings is 1. The highest BCUT2D eigenvalue weighted by Crippen LogP contribution is 2.25. The van der Waals surface area contributed by atoms with Gasteiger partial charge in [0.25, 0.3) is 5.91 Å². The summed E-state index contributed by atoms with van der Waals surface area (Å²) in [6, 6.07) is 15.1. The quantitative estimate of drug-likeness (QED) is 0.554. The smallest absolute Gasteiger partial charge is 0.254 e. The van der Waals surface area contributed by atoms with E-state index in [9.17, 15) is 4.79 Å². The van der Waals surface area contributed by atoms with Crippen LogP contribution >= 0.6 is 0 Å². The number of carbonyl (C=O) groups is 1. The zero-order chi connectivity index (χ0) is 18.8. The van der Waals surface area contributed by atoms with Gasteiger partial charge in [0.2, 0.25) is 0 Å². The third kappa shape index (κ3) is 3.42. The highest BCUT2D eigenvalue weighted by molar-refractivity contribution is 6.07. The van der Waals surface area contributed by atoms with Crippen molar-refractivity contribution in [2.75, 3.05) is 7.05 Å². The monoisotopic (exact) mass is 358 g/mol. The molecule has 6 nitrogen and oxygen atoms in total. The number of para-hydroxylation sites is 1. The highest BCUT2D eigenvalue weighted by Gasteiger charge is 2.18. The van der Waals surface area contributed by atoms with Crippen molar-refractivity contribution < 1.29 is 9.32 Å². The summed E-state index contributed by atoms with van der Waals surface area (Å²) in [4.78, 5) is 23.6. The van der Waals surface area contributed by atoms with Crippen molar-refractivity contribution in [3.8, 4) is 11.3 Å². The van der Waals surface area contributed by atoms with Crippen molar-refractivity contribution in [3.05, 3.63) is 77.9 Å². The minimum Gasteiger partial charge on any atom is -0.361 e. The van der Waals surface area contributed by atoms with Gasteiger partial charge in [0, 0.05) is 36.5 Å². The fourth-order valence-corrected chi connectivity index (χ4v) is 3.04. The van der Waals surface area contributed by atoms with Crippen LogP contribution in [-0.2, 0) is 6.54 Å². The minimum absolute atomic E-state index is 0.0930. The van der Waals surface area contributed by atoms with Crippen LogP contribution in [0.1, 0.15) is 21.8 Å². The Kier molecular flexibility index (Phi) is 4.38. The summed E-state index contributed by atoms with van der Waals surface area (Å²) in [5.41, 5.74) is 3.76. The Morgan fingerprint density at radius 3 is 2.63 bits per heavy atom. The van der Waals surface area contributed by atoms with Crippen molar-refractivity contribution in [2.24, 2.45) is 0 Å². The lowest BCUT2D eigenvalue weighted by atomic mass is 10.0. The number of nitrogens with zero attached hydrogens (tertiary/aromatic N) is 4. The molecule has 0 N–H and O–H groups in total. The zero-order valence-electron chi connectivity index (χ0n) is 15.1. The number of amides is 1. The Hall–Kier alpha value is -3.54. The third-order valence-corrected chi connectivity index (χ3v) is 4.35. The lowest BCUT2D eigenvalue weighted by Crippen LogP contribution is -2.26. The van der Waals surface area contributed by atoms with Crippen LogP contribution in [0.4, 0.5) is 0 Å². The van der Waals surface area contributed by atoms with Gasteiger partial charge in [-0.2, -0.15) is 0 Å². The van der Waals surface area contributed by atoms with Crippen LogP contribution in [0.5, 0.6) is 0 Å². The number of pyridine rings is 2. The maximum absolute atomic E-state index is 13.2. The van der Waals surface area contributed by atoms with Crippen LogP contribution in [0.15, 0.2) is 65.4 Å². The Labute approximate surface area is 156 Å². The molecule has 3 heterocycles. The number of aromatic nitrogens is 3. The lowest BCUT2D eigenvalue weighted by molar-refractivity contribution is 0.0784. The van der Waals surface area contributed by atoms with Crippen LogP contribution in [0, 0.1) is 6.92 Å². The average Bonchev–Trinajstić information content (AvgIpc) is 3.11. The first-order chi connectivity index (χ1) is 13.1. The van der Waals surface area contributed by atoms with E-state index in [1.165, 1.54) is 0 Å². The molecule has 0 aliphatic heterocycles. The molecule has 0 aliphatic rings. The maximum atomic E-state index is 13.2. The van der Waals surface area contributed by atoms with Gasteiger partial charge in [0.15, 0.2) is 0 Å². The molecular weight excluding hydrogens is 340 g/mol. The molecule has 134 valence electrons. The molecule has 4 aromatic rings. The van der Waals surface area contributed by atoms with Crippen molar-refractivity contribution in [3.63, 3.8) is 0 Å². The van der Waals surface area contributed by atoms with Gasteiger partial charge in [-0.15, -0.1) is 0 Å². The molecule has 0 atom stereocenters. The second kappa shape index (κ2) is 6.99. The fraction of sp³-hybridized carbons (Fsp3) is 0.143. The number of hydrogen-bond acceptors (Lipinski definition) is 5. The van der Waals surface area contributed by atoms with Crippen LogP contribution < -0.4 is 0 Å². The normalized spacial score (nSPS) is 10.9. The zero-order valence-corrected chi connectivity index (χ0v) is 15.1. The van der Waals surface area contributed by atoms with E-state index in [1.54, 1.807) is 24.3 Å². The summed E-state index contributed by atoms with van der Waals surface area (Å²) in [7, 11) is 1.76. The van der Waals surface area contributed by atoms with E-state index in [0.717, 1.165) is 33.6 Å². The van der Waals surface area contributed by atoms with Gasteiger partial charge in [-0.3, -0.25) is 9.78 Å². The summed E-state index contributed by atoms with van der Waals surface area (Å²) in [5, 5.41) is 4.79. The molecule has 0 radical (unpaired) electrons. The van der Waals surface area contributed by atoms with Gasteiger partial charge in [0.05, 0.1) is 23.3 Å². The molecule has 0 aliphatic carbocycles. The number of hydrogen-bond donors (Lipinski definition) is 0. The molecule has 4 rings (SSSR count). The SMILES string of the molecule is Cc1cc(CN(C)C(=O)c2cc(-c3ccncc3)nc3ccccc23)no1. The predicted molar refractivity (Wildman–Crippen MR) is 102 cm³/mol. The Morgan fingerprint density at radius 1 is 1.11 bits per heavy atom. The van der Waals surface area contributed by atoms with Crippen molar-refractivity contribution in [1.29, 1.82) is 0 Å². The lowest BCUT2D eigenvalue weighted by Gasteiger charge is -2.17. The molecule has 27 heavy (non-hydrogen) atoms. The molecule has 0 spiro atoms. The largest absolute Gasteiger partial charge is 0.361 e. The molecule has 0 saturated heterocycles. The summed E-state index contributed by atoms with van der Waals surface area (Å²) in [6.07, 6.45) is 3.43. The molecule has 0 unspecified atom stereocenters. The van der Waals surface area contributed by atoms with Crippen LogP contribution in [-0.4, -0.2) is 33.0 Å². The van der Waals surface area contributed by atoms with E-state index in [4.69, 9.17) is 9.51 Å². The van der Waals surface area contributed by atoms with Crippen molar-refractivity contribution in [1.82, 2.24) is 20.0 Å². The summed E-state index contributed by atoms with van der Waals surface area (Å²) in [6.45, 7) is 2.20. The van der Waals surface area contributed by atoms with Crippen LogP contribution in [0.25, 0.3) is 22.2 Å². The Balaban J connectivity index is 1.76. The predicted octanol–water partition coefficient (Wildman–Crippen LogP) is 3.87. The summed E-state index contributed by atoms with van der Waals surface area (Å²) in [5.74, 6) is 0.629. The van der Waals surface area contributed by atoms with Gasteiger partial charge < -0.3 is 9.42 Å². The third-order valence-electron chi connectivity index (χ3n) is 4.35. The van der Waals surface area contributed by atoms with Gasteiger partial charge in [-0.05, 0) is 31.2 Å². The molecule has 0 saturated carbocycles. The second-order valence-corrected chi connectivity index (χ2v) is 6.40. The maximum Gasteiger partial charge on any atom is 0.254 e. The van der Waals surface area contributed by atoms with E-state index in [-0.39, 0.29) is 5.91 Å². The number of carbonyl (C=O) groups excluding carboxylic acids is 1. The van der Waals surface area contributed by atoms with E-state index >= 15 is 0 Å². The first-order valence-corrected chi connectivity index (χ1v) is 8.59. The number of rotatable bonds is 4. The minimum atomic E-state index is -0.0930. The number of fused-ring (bicyclic) bond motifs is 1. The van der Waals surface area contributed by atoms with Crippen molar-refractivity contribution >= 4 is 16.8 Å². The average molecular weight is 358 g/mol. The van der Waals surface area contributed by atoms with Crippen molar-refractivity contribution in [2.45, 2.75) is 13.5 Å². The molecule has 0 fully saturated rings. The molecule has 1 aromatic carbocycles. The molecule has 6 heteroatoms. The van der Waals surface area contributed by atoms with E-state index in [1.807, 2.05) is 55.5 Å². The van der Waals surface area contributed by atoms with E-state index in [2.05, 4.69) is 10.1 Å². The van der Waals surface area contributed by atoms with Gasteiger partial charge in [-0.1, -0.05) is 23.4 Å². The standard InChI is InChI=1S/C21H18N4O2/c1-14-11-16(24-27-14)13-25(2)21(26)18-12-20(15-7-9-22-10-8-15)23-19-6-4-3-5-17(18)19/h3-12H,13H2,1-2H3. The highest BCUT2D eigenvalue weighted by atomic mass is 16.5. The molecular formula is C21H18N4O2. The summed E-state index contributed by atoms with van der Waals surface area (Å²) < 4.78 is 5.09. The van der Waals surface area contributed by atoms with E-state index < -0.39 is 0 Å². The van der Waals surface area contributed by atoms with Crippen LogP contribution in [0.2, 0.25) is 0 Å².